The third-order valence-corrected chi connectivity index (χ3v) is 5.83. The van der Waals surface area contributed by atoms with Crippen molar-refractivity contribution in [1.82, 2.24) is 30.1 Å². The lowest BCUT2D eigenvalue weighted by Gasteiger charge is -2.31. The quantitative estimate of drug-likeness (QED) is 0.673. The second-order valence-corrected chi connectivity index (χ2v) is 9.21. The van der Waals surface area contributed by atoms with Gasteiger partial charge in [0, 0.05) is 16.5 Å². The highest BCUT2D eigenvalue weighted by molar-refractivity contribution is 5.80. The van der Waals surface area contributed by atoms with Crippen LogP contribution in [0, 0.1) is 0 Å². The van der Waals surface area contributed by atoms with Crippen LogP contribution in [0.25, 0.3) is 10.9 Å². The Balaban J connectivity index is 1.89. The van der Waals surface area contributed by atoms with Gasteiger partial charge < -0.3 is 9.72 Å². The summed E-state index contributed by atoms with van der Waals surface area (Å²) in [6, 6.07) is 7.43. The Hall–Kier alpha value is -2.74. The van der Waals surface area contributed by atoms with Crippen LogP contribution in [0.1, 0.15) is 70.8 Å². The first-order valence-electron chi connectivity index (χ1n) is 11.2. The van der Waals surface area contributed by atoms with Gasteiger partial charge in [-0.3, -0.25) is 9.69 Å². The van der Waals surface area contributed by atoms with E-state index in [-0.39, 0.29) is 17.1 Å². The number of ether oxygens (including phenoxy) is 1. The molecule has 8 nitrogen and oxygen atoms in total. The lowest BCUT2D eigenvalue weighted by atomic mass is 10.0. The van der Waals surface area contributed by atoms with Gasteiger partial charge in [0.05, 0.1) is 12.1 Å². The second-order valence-electron chi connectivity index (χ2n) is 9.21. The molecule has 1 aliphatic rings. The Morgan fingerprint density at radius 2 is 1.87 bits per heavy atom. The van der Waals surface area contributed by atoms with Gasteiger partial charge in [-0.1, -0.05) is 12.8 Å². The standard InChI is InChI=1S/C23H32N6O2/c1-5-31-17-10-11-19-16(14-17)15-18(22(30)24-19)20(28-12-8-6-7-9-13-28)21-25-26-27-29(21)23(2,3)4/h10-11,14-15,20H,5-9,12-13H2,1-4H3,(H,24,30). The summed E-state index contributed by atoms with van der Waals surface area (Å²) < 4.78 is 7.52. The highest BCUT2D eigenvalue weighted by atomic mass is 16.5. The Morgan fingerprint density at radius 1 is 1.13 bits per heavy atom. The van der Waals surface area contributed by atoms with E-state index >= 15 is 0 Å². The van der Waals surface area contributed by atoms with Crippen molar-refractivity contribution >= 4 is 10.9 Å². The van der Waals surface area contributed by atoms with Crippen molar-refractivity contribution < 1.29 is 4.74 Å². The predicted octanol–water partition coefficient (Wildman–Crippen LogP) is 3.63. The molecule has 3 heterocycles. The number of pyridine rings is 1. The second kappa shape index (κ2) is 8.78. The summed E-state index contributed by atoms with van der Waals surface area (Å²) >= 11 is 0. The Morgan fingerprint density at radius 3 is 2.55 bits per heavy atom. The minimum Gasteiger partial charge on any atom is -0.494 e. The number of nitrogens with zero attached hydrogens (tertiary/aromatic N) is 5. The first-order chi connectivity index (χ1) is 14.9. The molecule has 0 bridgehead atoms. The predicted molar refractivity (Wildman–Crippen MR) is 120 cm³/mol. The molecule has 0 aliphatic carbocycles. The summed E-state index contributed by atoms with van der Waals surface area (Å²) in [4.78, 5) is 18.7. The number of likely N-dealkylation sites (tertiary alicyclic amines) is 1. The van der Waals surface area contributed by atoms with E-state index < -0.39 is 0 Å². The molecule has 3 aromatic rings. The third-order valence-electron chi connectivity index (χ3n) is 5.83. The average molecular weight is 425 g/mol. The normalized spacial score (nSPS) is 16.9. The number of benzene rings is 1. The zero-order chi connectivity index (χ0) is 22.0. The highest BCUT2D eigenvalue weighted by Crippen LogP contribution is 2.31. The fraction of sp³-hybridized carbons (Fsp3) is 0.565. The van der Waals surface area contributed by atoms with Crippen molar-refractivity contribution in [3.63, 3.8) is 0 Å². The molecule has 166 valence electrons. The highest BCUT2D eigenvalue weighted by Gasteiger charge is 2.33. The van der Waals surface area contributed by atoms with Crippen LogP contribution in [-0.4, -0.2) is 49.8 Å². The monoisotopic (exact) mass is 424 g/mol. The fourth-order valence-corrected chi connectivity index (χ4v) is 4.36. The molecule has 0 radical (unpaired) electrons. The van der Waals surface area contributed by atoms with E-state index in [1.165, 1.54) is 12.8 Å². The van der Waals surface area contributed by atoms with Crippen molar-refractivity contribution in [2.75, 3.05) is 19.7 Å². The van der Waals surface area contributed by atoms with Gasteiger partial charge in [0.1, 0.15) is 11.8 Å². The lowest BCUT2D eigenvalue weighted by Crippen LogP contribution is -2.38. The smallest absolute Gasteiger partial charge is 0.253 e. The lowest BCUT2D eigenvalue weighted by molar-refractivity contribution is 0.208. The zero-order valence-electron chi connectivity index (χ0n) is 18.9. The van der Waals surface area contributed by atoms with Gasteiger partial charge in [-0.15, -0.1) is 5.10 Å². The number of tetrazole rings is 1. The molecular formula is C23H32N6O2. The SMILES string of the molecule is CCOc1ccc2[nH]c(=O)c(C(c3nnnn3C(C)(C)C)N3CCCCCC3)cc2c1. The Kier molecular flexibility index (Phi) is 6.09. The van der Waals surface area contributed by atoms with Crippen molar-refractivity contribution in [2.24, 2.45) is 0 Å². The van der Waals surface area contributed by atoms with E-state index in [0.29, 0.717) is 18.0 Å². The summed E-state index contributed by atoms with van der Waals surface area (Å²) in [5.74, 6) is 1.50. The molecule has 1 atom stereocenters. The molecule has 0 spiro atoms. The molecule has 1 aromatic carbocycles. The van der Waals surface area contributed by atoms with Gasteiger partial charge in [0.2, 0.25) is 0 Å². The first-order valence-corrected chi connectivity index (χ1v) is 11.2. The van der Waals surface area contributed by atoms with E-state index in [1.54, 1.807) is 0 Å². The Bertz CT molecular complexity index is 1090. The maximum Gasteiger partial charge on any atom is 0.253 e. The number of H-pyrrole nitrogens is 1. The minimum absolute atomic E-state index is 0.102. The van der Waals surface area contributed by atoms with E-state index in [1.807, 2.05) is 35.9 Å². The molecule has 31 heavy (non-hydrogen) atoms. The van der Waals surface area contributed by atoms with Crippen molar-refractivity contribution in [1.29, 1.82) is 0 Å². The molecule has 1 N–H and O–H groups in total. The van der Waals surface area contributed by atoms with Crippen molar-refractivity contribution in [3.8, 4) is 5.75 Å². The van der Waals surface area contributed by atoms with Crippen LogP contribution >= 0.6 is 0 Å². The molecule has 8 heteroatoms. The molecule has 0 amide bonds. The molecule has 2 aromatic heterocycles. The maximum atomic E-state index is 13.3. The largest absolute Gasteiger partial charge is 0.494 e. The third kappa shape index (κ3) is 4.49. The number of aromatic amines is 1. The number of hydrogen-bond donors (Lipinski definition) is 1. The number of aromatic nitrogens is 5. The zero-order valence-corrected chi connectivity index (χ0v) is 18.9. The maximum absolute atomic E-state index is 13.3. The van der Waals surface area contributed by atoms with Gasteiger partial charge in [-0.25, -0.2) is 4.68 Å². The van der Waals surface area contributed by atoms with Crippen LogP contribution in [-0.2, 0) is 5.54 Å². The van der Waals surface area contributed by atoms with Crippen LogP contribution in [0.2, 0.25) is 0 Å². The molecular weight excluding hydrogens is 392 g/mol. The van der Waals surface area contributed by atoms with Gasteiger partial charge in [0.15, 0.2) is 5.82 Å². The summed E-state index contributed by atoms with van der Waals surface area (Å²) in [5, 5.41) is 13.6. The molecule has 1 unspecified atom stereocenters. The van der Waals surface area contributed by atoms with Gasteiger partial charge in [0.25, 0.3) is 5.56 Å². The van der Waals surface area contributed by atoms with Crippen LogP contribution in [0.4, 0.5) is 0 Å². The number of nitrogens with one attached hydrogen (secondary N) is 1. The van der Waals surface area contributed by atoms with Gasteiger partial charge >= 0.3 is 0 Å². The molecule has 0 saturated carbocycles. The van der Waals surface area contributed by atoms with Crippen LogP contribution in [0.3, 0.4) is 0 Å². The number of rotatable bonds is 5. The van der Waals surface area contributed by atoms with Crippen molar-refractivity contribution in [2.45, 2.75) is 65.0 Å². The molecule has 4 rings (SSSR count). The van der Waals surface area contributed by atoms with E-state index in [4.69, 9.17) is 4.74 Å². The summed E-state index contributed by atoms with van der Waals surface area (Å²) in [7, 11) is 0. The summed E-state index contributed by atoms with van der Waals surface area (Å²) in [6.07, 6.45) is 4.62. The minimum atomic E-state index is -0.309. The van der Waals surface area contributed by atoms with Gasteiger partial charge in [-0.05, 0) is 88.3 Å². The number of fused-ring (bicyclic) bond motifs is 1. The average Bonchev–Trinajstić information content (AvgIpc) is 3.06. The van der Waals surface area contributed by atoms with Crippen molar-refractivity contribution in [3.05, 3.63) is 46.0 Å². The fourth-order valence-electron chi connectivity index (χ4n) is 4.36. The van der Waals surface area contributed by atoms with E-state index in [9.17, 15) is 4.79 Å². The van der Waals surface area contributed by atoms with Crippen LogP contribution < -0.4 is 10.3 Å². The molecule has 1 aliphatic heterocycles. The van der Waals surface area contributed by atoms with E-state index in [0.717, 1.165) is 42.6 Å². The Labute approximate surface area is 182 Å². The topological polar surface area (TPSA) is 88.9 Å². The molecule has 1 saturated heterocycles. The van der Waals surface area contributed by atoms with Gasteiger partial charge in [-0.2, -0.15) is 0 Å². The number of hydrogen-bond acceptors (Lipinski definition) is 6. The summed E-state index contributed by atoms with van der Waals surface area (Å²) in [6.45, 7) is 10.6. The van der Waals surface area contributed by atoms with Crippen LogP contribution in [0.15, 0.2) is 29.1 Å². The molecule has 1 fully saturated rings. The van der Waals surface area contributed by atoms with Crippen LogP contribution in [0.5, 0.6) is 5.75 Å². The summed E-state index contributed by atoms with van der Waals surface area (Å²) in [5.41, 5.74) is 1.06. The first kappa shape index (κ1) is 21.5. The van der Waals surface area contributed by atoms with E-state index in [2.05, 4.69) is 46.2 Å².